The van der Waals surface area contributed by atoms with Crippen molar-refractivity contribution in [3.8, 4) is 0 Å². The molecule has 0 fully saturated rings. The van der Waals surface area contributed by atoms with Crippen molar-refractivity contribution in [3.05, 3.63) is 36.4 Å². The Morgan fingerprint density at radius 2 is 2.13 bits per heavy atom. The number of hydrogen-bond acceptors (Lipinski definition) is 2. The topological polar surface area (TPSA) is 30.2 Å². The minimum atomic E-state index is -0.0210. The fraction of sp³-hybridized carbons (Fsp3) is 0.333. The summed E-state index contributed by atoms with van der Waals surface area (Å²) in [6.45, 7) is 10.0. The zero-order valence-electron chi connectivity index (χ0n) is 9.36. The number of aromatic nitrogens is 3. The molecule has 15 heavy (non-hydrogen) atoms. The van der Waals surface area contributed by atoms with Crippen LogP contribution in [0.15, 0.2) is 25.0 Å². The number of hydrogen-bond donors (Lipinski definition) is 0. The van der Waals surface area contributed by atoms with Crippen molar-refractivity contribution < 1.29 is 0 Å². The molecule has 0 atom stereocenters. The maximum atomic E-state index is 4.47. The Balaban J connectivity index is 2.60. The van der Waals surface area contributed by atoms with Crippen molar-refractivity contribution in [2.24, 2.45) is 0 Å². The van der Waals surface area contributed by atoms with Gasteiger partial charge in [0.15, 0.2) is 5.82 Å². The second-order valence-electron chi connectivity index (χ2n) is 4.68. The molecule has 2 heterocycles. The summed E-state index contributed by atoms with van der Waals surface area (Å²) in [4.78, 5) is 4.36. The van der Waals surface area contributed by atoms with E-state index in [-0.39, 0.29) is 5.41 Å². The van der Waals surface area contributed by atoms with E-state index < -0.39 is 0 Å². The first-order valence-electron chi connectivity index (χ1n) is 4.99. The van der Waals surface area contributed by atoms with Gasteiger partial charge in [-0.05, 0) is 11.6 Å². The van der Waals surface area contributed by atoms with E-state index in [1.807, 2.05) is 29.1 Å². The fourth-order valence-corrected chi connectivity index (χ4v) is 1.38. The molecule has 78 valence electrons. The van der Waals surface area contributed by atoms with E-state index >= 15 is 0 Å². The van der Waals surface area contributed by atoms with Gasteiger partial charge in [0, 0.05) is 11.6 Å². The van der Waals surface area contributed by atoms with Crippen LogP contribution in [-0.4, -0.2) is 14.6 Å². The molecule has 0 spiro atoms. The maximum Gasteiger partial charge on any atom is 0.154 e. The predicted molar refractivity (Wildman–Crippen MR) is 61.8 cm³/mol. The quantitative estimate of drug-likeness (QED) is 0.710. The van der Waals surface area contributed by atoms with E-state index in [1.165, 1.54) is 0 Å². The van der Waals surface area contributed by atoms with Gasteiger partial charge in [0.2, 0.25) is 0 Å². The van der Waals surface area contributed by atoms with Crippen molar-refractivity contribution in [2.45, 2.75) is 26.2 Å². The lowest BCUT2D eigenvalue weighted by Crippen LogP contribution is -2.17. The summed E-state index contributed by atoms with van der Waals surface area (Å²) >= 11 is 0. The molecule has 0 aromatic carbocycles. The summed E-state index contributed by atoms with van der Waals surface area (Å²) in [7, 11) is 0. The summed E-state index contributed by atoms with van der Waals surface area (Å²) < 4.78 is 1.85. The molecule has 0 saturated carbocycles. The zero-order chi connectivity index (χ0) is 11.1. The molecule has 3 nitrogen and oxygen atoms in total. The Hall–Kier alpha value is -1.64. The normalized spacial score (nSPS) is 11.9. The van der Waals surface area contributed by atoms with Crippen LogP contribution in [0.25, 0.3) is 11.6 Å². The van der Waals surface area contributed by atoms with Gasteiger partial charge < -0.3 is 0 Å². The summed E-state index contributed by atoms with van der Waals surface area (Å²) in [5.41, 5.74) is 2.04. The van der Waals surface area contributed by atoms with Gasteiger partial charge in [-0.3, -0.25) is 0 Å². The smallest absolute Gasteiger partial charge is 0.154 e. The minimum absolute atomic E-state index is 0.0210. The summed E-state index contributed by atoms with van der Waals surface area (Å²) in [5.74, 6) is 0.848. The fourth-order valence-electron chi connectivity index (χ4n) is 1.38. The Morgan fingerprint density at radius 3 is 2.73 bits per heavy atom. The van der Waals surface area contributed by atoms with Gasteiger partial charge in [-0.2, -0.15) is 5.10 Å². The van der Waals surface area contributed by atoms with Crippen molar-refractivity contribution in [1.82, 2.24) is 14.6 Å². The van der Waals surface area contributed by atoms with E-state index in [4.69, 9.17) is 0 Å². The summed E-state index contributed by atoms with van der Waals surface area (Å²) in [5, 5.41) is 4.47. The van der Waals surface area contributed by atoms with Crippen LogP contribution < -0.4 is 0 Å². The van der Waals surface area contributed by atoms with Gasteiger partial charge in [0.05, 0.1) is 11.7 Å². The van der Waals surface area contributed by atoms with Gasteiger partial charge in [0.1, 0.15) is 0 Å². The van der Waals surface area contributed by atoms with Crippen LogP contribution in [0, 0.1) is 0 Å². The molecule has 0 unspecified atom stereocenters. The van der Waals surface area contributed by atoms with E-state index in [0.29, 0.717) is 0 Å². The second kappa shape index (κ2) is 3.19. The Kier molecular flexibility index (Phi) is 2.11. The Labute approximate surface area is 89.5 Å². The van der Waals surface area contributed by atoms with Crippen LogP contribution in [0.1, 0.15) is 32.2 Å². The van der Waals surface area contributed by atoms with Gasteiger partial charge in [-0.25, -0.2) is 9.50 Å². The van der Waals surface area contributed by atoms with Crippen LogP contribution in [0.2, 0.25) is 0 Å². The first-order chi connectivity index (χ1) is 7.00. The number of fused-ring (bicyclic) bond motifs is 1. The molecule has 0 aliphatic heterocycles. The zero-order valence-corrected chi connectivity index (χ0v) is 9.36. The molecule has 2 aromatic heterocycles. The lowest BCUT2D eigenvalue weighted by molar-refractivity contribution is 0.529. The third-order valence-corrected chi connectivity index (χ3v) is 2.28. The van der Waals surface area contributed by atoms with Crippen molar-refractivity contribution in [3.63, 3.8) is 0 Å². The van der Waals surface area contributed by atoms with E-state index in [0.717, 1.165) is 16.9 Å². The highest BCUT2D eigenvalue weighted by Crippen LogP contribution is 2.18. The van der Waals surface area contributed by atoms with Crippen molar-refractivity contribution in [2.75, 3.05) is 0 Å². The van der Waals surface area contributed by atoms with Crippen LogP contribution in [0.3, 0.4) is 0 Å². The highest BCUT2D eigenvalue weighted by Gasteiger charge is 2.17. The molecule has 0 aliphatic rings. The first-order valence-corrected chi connectivity index (χ1v) is 4.99. The average molecular weight is 201 g/mol. The largest absolute Gasteiger partial charge is 0.237 e. The van der Waals surface area contributed by atoms with Gasteiger partial charge in [0.25, 0.3) is 0 Å². The monoisotopic (exact) mass is 201 g/mol. The molecule has 0 amide bonds. The number of nitrogens with zero attached hydrogens (tertiary/aromatic N) is 3. The van der Waals surface area contributed by atoms with Crippen molar-refractivity contribution in [1.29, 1.82) is 0 Å². The van der Waals surface area contributed by atoms with E-state index in [9.17, 15) is 0 Å². The van der Waals surface area contributed by atoms with E-state index in [1.54, 1.807) is 0 Å². The summed E-state index contributed by atoms with van der Waals surface area (Å²) in [6.07, 6.45) is 5.62. The number of rotatable bonds is 1. The lowest BCUT2D eigenvalue weighted by Gasteiger charge is -2.15. The highest BCUT2D eigenvalue weighted by molar-refractivity contribution is 5.57. The molecule has 2 rings (SSSR count). The molecule has 2 aromatic rings. The molecular weight excluding hydrogens is 186 g/mol. The van der Waals surface area contributed by atoms with Crippen molar-refractivity contribution >= 4 is 11.6 Å². The Bertz CT molecular complexity index is 503. The van der Waals surface area contributed by atoms with Gasteiger partial charge in [-0.15, -0.1) is 0 Å². The molecule has 0 bridgehead atoms. The highest BCUT2D eigenvalue weighted by atomic mass is 15.2. The second-order valence-corrected chi connectivity index (χ2v) is 4.68. The van der Waals surface area contributed by atoms with Gasteiger partial charge in [-0.1, -0.05) is 33.4 Å². The molecule has 0 aliphatic carbocycles. The SMILES string of the molecule is C=Cc1cc2cnc(C(C)(C)C)nn2c1. The van der Waals surface area contributed by atoms with Crippen LogP contribution in [0.5, 0.6) is 0 Å². The molecular formula is C12H15N3. The standard InChI is InChI=1S/C12H15N3/c1-5-9-6-10-7-13-11(12(2,3)4)14-15(10)8-9/h5-8H,1H2,2-4H3. The van der Waals surface area contributed by atoms with E-state index in [2.05, 4.69) is 37.4 Å². The van der Waals surface area contributed by atoms with Crippen LogP contribution in [0.4, 0.5) is 0 Å². The van der Waals surface area contributed by atoms with Gasteiger partial charge >= 0.3 is 0 Å². The molecule has 3 heteroatoms. The van der Waals surface area contributed by atoms with Crippen LogP contribution in [-0.2, 0) is 5.41 Å². The minimum Gasteiger partial charge on any atom is -0.237 e. The predicted octanol–water partition coefficient (Wildman–Crippen LogP) is 2.67. The average Bonchev–Trinajstić information content (AvgIpc) is 2.57. The van der Waals surface area contributed by atoms with Crippen LogP contribution >= 0.6 is 0 Å². The molecule has 0 radical (unpaired) electrons. The Morgan fingerprint density at radius 1 is 1.40 bits per heavy atom. The lowest BCUT2D eigenvalue weighted by atomic mass is 9.96. The third-order valence-electron chi connectivity index (χ3n) is 2.28. The summed E-state index contributed by atoms with van der Waals surface area (Å²) in [6, 6.07) is 2.01. The molecule has 0 N–H and O–H groups in total. The molecule has 0 saturated heterocycles. The maximum absolute atomic E-state index is 4.47. The first kappa shape index (κ1) is 9.90. The third kappa shape index (κ3) is 1.77.